The fraction of sp³-hybridized carbons (Fsp3) is 0.235. The first kappa shape index (κ1) is 17.6. The summed E-state index contributed by atoms with van der Waals surface area (Å²) in [6.45, 7) is 0.839. The number of urea groups is 1. The van der Waals surface area contributed by atoms with Crippen LogP contribution in [0.2, 0.25) is 4.34 Å². The molecule has 1 aliphatic heterocycles. The van der Waals surface area contributed by atoms with Gasteiger partial charge in [0.2, 0.25) is 0 Å². The standard InChI is InChI=1S/C17H16ClN3O3S/c1-19(10-13-7-8-14(18)25-13)11-21-16(23)15(22)20(17(21)24)9-12-5-3-2-4-6-12/h2-8H,9-11H2,1H3/p+1. The lowest BCUT2D eigenvalue weighted by molar-refractivity contribution is -0.900. The molecule has 8 heteroatoms. The zero-order valence-electron chi connectivity index (χ0n) is 13.6. The van der Waals surface area contributed by atoms with Crippen molar-refractivity contribution < 1.29 is 19.3 Å². The Balaban J connectivity index is 1.66. The molecule has 1 aliphatic rings. The number of rotatable bonds is 6. The number of carbonyl (C=O) groups is 3. The van der Waals surface area contributed by atoms with E-state index in [1.807, 2.05) is 49.5 Å². The molecule has 0 bridgehead atoms. The van der Waals surface area contributed by atoms with E-state index in [0.29, 0.717) is 10.9 Å². The maximum atomic E-state index is 12.5. The third kappa shape index (κ3) is 3.89. The molecule has 130 valence electrons. The van der Waals surface area contributed by atoms with Crippen LogP contribution in [0.15, 0.2) is 42.5 Å². The minimum Gasteiger partial charge on any atom is -0.315 e. The monoisotopic (exact) mass is 378 g/mol. The zero-order chi connectivity index (χ0) is 18.0. The molecule has 1 aromatic carbocycles. The molecule has 3 rings (SSSR count). The van der Waals surface area contributed by atoms with Crippen LogP contribution in [0, 0.1) is 0 Å². The van der Waals surface area contributed by atoms with Crippen molar-refractivity contribution in [1.29, 1.82) is 0 Å². The van der Waals surface area contributed by atoms with E-state index in [1.54, 1.807) is 0 Å². The van der Waals surface area contributed by atoms with Crippen molar-refractivity contribution >= 4 is 40.8 Å². The molecule has 1 unspecified atom stereocenters. The van der Waals surface area contributed by atoms with Gasteiger partial charge in [-0.25, -0.2) is 9.69 Å². The highest BCUT2D eigenvalue weighted by atomic mass is 35.5. The van der Waals surface area contributed by atoms with E-state index in [0.717, 1.165) is 25.1 Å². The average Bonchev–Trinajstić information content (AvgIpc) is 3.08. The second-order valence-electron chi connectivity index (χ2n) is 5.89. The van der Waals surface area contributed by atoms with E-state index in [1.165, 1.54) is 11.3 Å². The summed E-state index contributed by atoms with van der Waals surface area (Å²) in [6, 6.07) is 12.3. The van der Waals surface area contributed by atoms with Crippen LogP contribution in [0.25, 0.3) is 0 Å². The Hall–Kier alpha value is -2.22. The summed E-state index contributed by atoms with van der Waals surface area (Å²) < 4.78 is 0.695. The van der Waals surface area contributed by atoms with Gasteiger partial charge in [0.05, 0.1) is 22.8 Å². The number of nitrogens with one attached hydrogen (secondary N) is 1. The number of quaternary nitrogens is 1. The van der Waals surface area contributed by atoms with E-state index in [-0.39, 0.29) is 13.2 Å². The van der Waals surface area contributed by atoms with Gasteiger partial charge in [-0.2, -0.15) is 0 Å². The van der Waals surface area contributed by atoms with Crippen molar-refractivity contribution in [2.75, 3.05) is 13.7 Å². The lowest BCUT2D eigenvalue weighted by Gasteiger charge is -2.19. The van der Waals surface area contributed by atoms with Crippen LogP contribution in [0.5, 0.6) is 0 Å². The van der Waals surface area contributed by atoms with E-state index in [2.05, 4.69) is 0 Å². The molecule has 2 heterocycles. The van der Waals surface area contributed by atoms with Gasteiger partial charge in [0.25, 0.3) is 0 Å². The fourth-order valence-corrected chi connectivity index (χ4v) is 3.87. The van der Waals surface area contributed by atoms with Crippen molar-refractivity contribution in [2.45, 2.75) is 13.1 Å². The third-order valence-corrected chi connectivity index (χ3v) is 5.08. The second-order valence-corrected chi connectivity index (χ2v) is 7.69. The van der Waals surface area contributed by atoms with Crippen LogP contribution in [-0.4, -0.2) is 41.4 Å². The van der Waals surface area contributed by atoms with E-state index in [9.17, 15) is 14.4 Å². The molecule has 1 atom stereocenters. The third-order valence-electron chi connectivity index (χ3n) is 3.85. The van der Waals surface area contributed by atoms with Gasteiger partial charge < -0.3 is 4.90 Å². The Morgan fingerprint density at radius 3 is 2.32 bits per heavy atom. The van der Waals surface area contributed by atoms with Crippen molar-refractivity contribution in [1.82, 2.24) is 9.80 Å². The topological polar surface area (TPSA) is 62.1 Å². The van der Waals surface area contributed by atoms with Crippen LogP contribution < -0.4 is 4.90 Å². The number of amides is 4. The van der Waals surface area contributed by atoms with Crippen LogP contribution in [0.4, 0.5) is 4.79 Å². The van der Waals surface area contributed by atoms with Crippen LogP contribution in [-0.2, 0) is 22.7 Å². The first-order valence-electron chi connectivity index (χ1n) is 7.72. The largest absolute Gasteiger partial charge is 0.339 e. The summed E-state index contributed by atoms with van der Waals surface area (Å²) in [5, 5.41) is 0. The lowest BCUT2D eigenvalue weighted by atomic mass is 10.2. The smallest absolute Gasteiger partial charge is 0.315 e. The number of hydrogen-bond acceptors (Lipinski definition) is 4. The molecule has 0 aliphatic carbocycles. The quantitative estimate of drug-likeness (QED) is 0.610. The summed E-state index contributed by atoms with van der Waals surface area (Å²) in [5.41, 5.74) is 0.799. The van der Waals surface area contributed by atoms with E-state index >= 15 is 0 Å². The Bertz CT molecular complexity index is 808. The number of halogens is 1. The molecule has 0 saturated carbocycles. The van der Waals surface area contributed by atoms with Gasteiger partial charge in [0.15, 0.2) is 6.67 Å². The number of hydrogen-bond donors (Lipinski definition) is 1. The van der Waals surface area contributed by atoms with Gasteiger partial charge in [-0.15, -0.1) is 11.3 Å². The number of nitrogens with zero attached hydrogens (tertiary/aromatic N) is 2. The maximum absolute atomic E-state index is 12.5. The molecule has 1 aromatic heterocycles. The predicted octanol–water partition coefficient (Wildman–Crippen LogP) is 1.36. The molecule has 0 radical (unpaired) electrons. The minimum atomic E-state index is -0.777. The number of thiophene rings is 1. The van der Waals surface area contributed by atoms with Crippen LogP contribution in [0.1, 0.15) is 10.4 Å². The molecule has 1 N–H and O–H groups in total. The van der Waals surface area contributed by atoms with E-state index in [4.69, 9.17) is 11.6 Å². The summed E-state index contributed by atoms with van der Waals surface area (Å²) in [6.07, 6.45) is 0. The molecule has 0 spiro atoms. The molecule has 4 amide bonds. The predicted molar refractivity (Wildman–Crippen MR) is 94.0 cm³/mol. The minimum absolute atomic E-state index is 0.0975. The van der Waals surface area contributed by atoms with Crippen molar-refractivity contribution in [3.05, 3.63) is 57.2 Å². The first-order chi connectivity index (χ1) is 12.0. The SMILES string of the molecule is C[NH+](Cc1ccc(Cl)s1)CN1C(=O)C(=O)N(Cc2ccccc2)C1=O. The molecule has 6 nitrogen and oxygen atoms in total. The van der Waals surface area contributed by atoms with Gasteiger partial charge in [-0.1, -0.05) is 41.9 Å². The van der Waals surface area contributed by atoms with Gasteiger partial charge >= 0.3 is 17.8 Å². The molecule has 25 heavy (non-hydrogen) atoms. The van der Waals surface area contributed by atoms with E-state index < -0.39 is 17.8 Å². The Labute approximate surface area is 154 Å². The van der Waals surface area contributed by atoms with Gasteiger partial charge in [0.1, 0.15) is 6.54 Å². The molecule has 1 saturated heterocycles. The second kappa shape index (κ2) is 7.35. The van der Waals surface area contributed by atoms with Crippen LogP contribution >= 0.6 is 22.9 Å². The van der Waals surface area contributed by atoms with Gasteiger partial charge in [0, 0.05) is 0 Å². The van der Waals surface area contributed by atoms with Gasteiger partial charge in [-0.3, -0.25) is 14.5 Å². The van der Waals surface area contributed by atoms with Crippen molar-refractivity contribution in [3.63, 3.8) is 0 Å². The highest BCUT2D eigenvalue weighted by molar-refractivity contribution is 7.16. The highest BCUT2D eigenvalue weighted by Crippen LogP contribution is 2.20. The number of imide groups is 2. The maximum Gasteiger partial charge on any atom is 0.339 e. The lowest BCUT2D eigenvalue weighted by Crippen LogP contribution is -3.09. The summed E-state index contributed by atoms with van der Waals surface area (Å²) in [4.78, 5) is 40.8. The molecule has 1 fully saturated rings. The Morgan fingerprint density at radius 1 is 1.00 bits per heavy atom. The summed E-state index contributed by atoms with van der Waals surface area (Å²) >= 11 is 7.37. The Kier molecular flexibility index (Phi) is 5.17. The van der Waals surface area contributed by atoms with Crippen LogP contribution in [0.3, 0.4) is 0 Å². The average molecular weight is 379 g/mol. The highest BCUT2D eigenvalue weighted by Gasteiger charge is 2.45. The molecule has 2 aromatic rings. The fourth-order valence-electron chi connectivity index (χ4n) is 2.67. The number of carbonyl (C=O) groups excluding carboxylic acids is 3. The zero-order valence-corrected chi connectivity index (χ0v) is 15.1. The number of benzene rings is 1. The van der Waals surface area contributed by atoms with Crippen molar-refractivity contribution in [2.24, 2.45) is 0 Å². The summed E-state index contributed by atoms with van der Waals surface area (Å²) in [5.74, 6) is -1.55. The Morgan fingerprint density at radius 2 is 1.68 bits per heavy atom. The summed E-state index contributed by atoms with van der Waals surface area (Å²) in [7, 11) is 1.86. The first-order valence-corrected chi connectivity index (χ1v) is 8.92. The van der Waals surface area contributed by atoms with Gasteiger partial charge in [-0.05, 0) is 17.7 Å². The molecular weight excluding hydrogens is 362 g/mol. The van der Waals surface area contributed by atoms with Crippen molar-refractivity contribution in [3.8, 4) is 0 Å². The molecular formula is C17H17ClN3O3S+. The normalized spacial score (nSPS) is 16.0.